The molecule has 0 aromatic heterocycles. The summed E-state index contributed by atoms with van der Waals surface area (Å²) >= 11 is 0. The Hall–Kier alpha value is -2.92. The topological polar surface area (TPSA) is 60.4 Å². The van der Waals surface area contributed by atoms with Gasteiger partial charge in [-0.15, -0.1) is 0 Å². The van der Waals surface area contributed by atoms with Crippen LogP contribution in [0.5, 0.6) is 5.75 Å². The number of aryl methyl sites for hydroxylation is 2. The molecule has 4 nitrogen and oxygen atoms in total. The van der Waals surface area contributed by atoms with Crippen LogP contribution in [-0.4, -0.2) is 19.6 Å². The van der Waals surface area contributed by atoms with Gasteiger partial charge >= 0.3 is 5.97 Å². The Bertz CT molecular complexity index is 1160. The summed E-state index contributed by atoms with van der Waals surface area (Å²) in [5, 5.41) is -1.34. The Balaban J connectivity index is 1.97. The zero-order valence-corrected chi connectivity index (χ0v) is 16.4. The molecule has 2 atom stereocenters. The maximum atomic E-state index is 13.6. The van der Waals surface area contributed by atoms with Crippen LogP contribution >= 0.6 is 0 Å². The summed E-state index contributed by atoms with van der Waals surface area (Å²) in [5.41, 5.74) is 3.10. The summed E-state index contributed by atoms with van der Waals surface area (Å²) in [6.07, 6.45) is 0. The number of benzene rings is 3. The highest BCUT2D eigenvalue weighted by atomic mass is 32.2. The molecule has 142 valence electrons. The van der Waals surface area contributed by atoms with Crippen molar-refractivity contribution in [2.45, 2.75) is 29.9 Å². The van der Waals surface area contributed by atoms with E-state index in [1.54, 1.807) is 43.3 Å². The maximum Gasteiger partial charge on any atom is 0.331 e. The number of hydrogen-bond acceptors (Lipinski definition) is 4. The first-order valence-corrected chi connectivity index (χ1v) is 10.6. The molecule has 2 unspecified atom stereocenters. The molecule has 0 radical (unpaired) electrons. The highest BCUT2D eigenvalue weighted by molar-refractivity contribution is 7.93. The number of fused-ring (bicyclic) bond motifs is 1. The molecular formula is C23H20O4S. The van der Waals surface area contributed by atoms with Crippen molar-refractivity contribution in [1.82, 2.24) is 0 Å². The fraction of sp³-hybridized carbons (Fsp3) is 0.174. The summed E-state index contributed by atoms with van der Waals surface area (Å²) in [6.45, 7) is 3.68. The molecule has 0 saturated carbocycles. The number of ether oxygens (including phenoxy) is 1. The van der Waals surface area contributed by atoms with Crippen LogP contribution in [0.1, 0.15) is 28.2 Å². The van der Waals surface area contributed by atoms with Crippen LogP contribution in [0.2, 0.25) is 0 Å². The van der Waals surface area contributed by atoms with Gasteiger partial charge in [0.05, 0.1) is 4.90 Å². The molecule has 0 fully saturated rings. The van der Waals surface area contributed by atoms with Gasteiger partial charge in [-0.25, -0.2) is 8.42 Å². The van der Waals surface area contributed by atoms with Gasteiger partial charge in [-0.1, -0.05) is 66.2 Å². The monoisotopic (exact) mass is 392 g/mol. The average molecular weight is 392 g/mol. The van der Waals surface area contributed by atoms with Gasteiger partial charge in [0, 0.05) is 11.5 Å². The Kier molecular flexibility index (Phi) is 4.55. The third kappa shape index (κ3) is 3.02. The third-order valence-corrected chi connectivity index (χ3v) is 7.34. The lowest BCUT2D eigenvalue weighted by molar-refractivity contribution is -0.135. The lowest BCUT2D eigenvalue weighted by Crippen LogP contribution is -2.43. The molecule has 4 rings (SSSR count). The number of carbonyl (C=O) groups excluding carboxylic acids is 1. The minimum Gasteiger partial charge on any atom is -0.425 e. The second kappa shape index (κ2) is 6.91. The van der Waals surface area contributed by atoms with E-state index in [9.17, 15) is 13.2 Å². The molecule has 0 N–H and O–H groups in total. The predicted molar refractivity (Wildman–Crippen MR) is 107 cm³/mol. The number of sulfone groups is 1. The lowest BCUT2D eigenvalue weighted by Gasteiger charge is -2.32. The van der Waals surface area contributed by atoms with Gasteiger partial charge in [0.2, 0.25) is 0 Å². The van der Waals surface area contributed by atoms with Crippen molar-refractivity contribution in [2.24, 2.45) is 0 Å². The molecule has 0 spiro atoms. The highest BCUT2D eigenvalue weighted by Crippen LogP contribution is 2.43. The van der Waals surface area contributed by atoms with Gasteiger partial charge in [0.25, 0.3) is 0 Å². The van der Waals surface area contributed by atoms with Gasteiger partial charge in [0.1, 0.15) is 5.75 Å². The van der Waals surface area contributed by atoms with Crippen LogP contribution < -0.4 is 4.74 Å². The molecule has 1 heterocycles. The number of carbonyl (C=O) groups is 1. The molecule has 3 aromatic rings. The van der Waals surface area contributed by atoms with Crippen molar-refractivity contribution < 1.29 is 17.9 Å². The Morgan fingerprint density at radius 2 is 1.57 bits per heavy atom. The Morgan fingerprint density at radius 1 is 0.857 bits per heavy atom. The van der Waals surface area contributed by atoms with Crippen LogP contribution in [0.15, 0.2) is 77.7 Å². The number of rotatable bonds is 3. The van der Waals surface area contributed by atoms with Crippen molar-refractivity contribution in [3.8, 4) is 5.75 Å². The fourth-order valence-corrected chi connectivity index (χ4v) is 5.85. The Labute approximate surface area is 164 Å². The smallest absolute Gasteiger partial charge is 0.331 e. The molecule has 0 aliphatic carbocycles. The SMILES string of the molecule is Cc1cccc(C2c3ccccc3OC(=O)C2S(=O)(=O)c2ccccc2C)c1. The van der Waals surface area contributed by atoms with Crippen molar-refractivity contribution >= 4 is 15.8 Å². The van der Waals surface area contributed by atoms with E-state index in [4.69, 9.17) is 4.74 Å². The van der Waals surface area contributed by atoms with Gasteiger partial charge in [-0.05, 0) is 37.1 Å². The summed E-state index contributed by atoms with van der Waals surface area (Å²) in [5.74, 6) is -0.967. The highest BCUT2D eigenvalue weighted by Gasteiger charge is 2.47. The van der Waals surface area contributed by atoms with E-state index in [2.05, 4.69) is 0 Å². The first kappa shape index (κ1) is 18.4. The zero-order valence-electron chi connectivity index (χ0n) is 15.6. The molecule has 1 aliphatic rings. The van der Waals surface area contributed by atoms with Crippen LogP contribution in [-0.2, 0) is 14.6 Å². The van der Waals surface area contributed by atoms with Gasteiger partial charge in [0.15, 0.2) is 15.1 Å². The summed E-state index contributed by atoms with van der Waals surface area (Å²) < 4.78 is 32.6. The lowest BCUT2D eigenvalue weighted by atomic mass is 9.85. The van der Waals surface area contributed by atoms with Crippen LogP contribution in [0.4, 0.5) is 0 Å². The third-order valence-electron chi connectivity index (χ3n) is 5.14. The number of hydrogen-bond donors (Lipinski definition) is 0. The van der Waals surface area contributed by atoms with E-state index < -0.39 is 27.0 Å². The number of para-hydroxylation sites is 1. The van der Waals surface area contributed by atoms with Crippen molar-refractivity contribution in [3.05, 3.63) is 95.1 Å². The van der Waals surface area contributed by atoms with Gasteiger partial charge in [-0.3, -0.25) is 4.79 Å². The molecule has 3 aromatic carbocycles. The average Bonchev–Trinajstić information content (AvgIpc) is 2.67. The first-order valence-electron chi connectivity index (χ1n) is 9.06. The zero-order chi connectivity index (χ0) is 19.9. The predicted octanol–water partition coefficient (Wildman–Crippen LogP) is 4.20. The molecule has 5 heteroatoms. The fourth-order valence-electron chi connectivity index (χ4n) is 3.83. The number of esters is 1. The van der Waals surface area contributed by atoms with E-state index in [1.807, 2.05) is 43.3 Å². The standard InChI is InChI=1S/C23H20O4S/c1-15-8-7-10-17(14-15)21-18-11-4-5-12-19(18)27-23(24)22(21)28(25,26)20-13-6-3-9-16(20)2/h3-14,21-22H,1-2H3. The Morgan fingerprint density at radius 3 is 2.32 bits per heavy atom. The second-order valence-corrected chi connectivity index (χ2v) is 9.12. The summed E-state index contributed by atoms with van der Waals surface area (Å²) in [4.78, 5) is 13.1. The minimum atomic E-state index is -3.97. The molecule has 1 aliphatic heterocycles. The van der Waals surface area contributed by atoms with E-state index in [0.717, 1.165) is 11.1 Å². The van der Waals surface area contributed by atoms with Crippen LogP contribution in [0.25, 0.3) is 0 Å². The summed E-state index contributed by atoms with van der Waals surface area (Å²) in [7, 11) is -3.97. The minimum absolute atomic E-state index is 0.161. The van der Waals surface area contributed by atoms with Crippen LogP contribution in [0.3, 0.4) is 0 Å². The first-order chi connectivity index (χ1) is 13.4. The van der Waals surface area contributed by atoms with E-state index >= 15 is 0 Å². The molecular weight excluding hydrogens is 372 g/mol. The second-order valence-electron chi connectivity index (χ2n) is 7.08. The largest absolute Gasteiger partial charge is 0.425 e. The maximum absolute atomic E-state index is 13.6. The van der Waals surface area contributed by atoms with Crippen molar-refractivity contribution in [1.29, 1.82) is 0 Å². The van der Waals surface area contributed by atoms with Crippen LogP contribution in [0, 0.1) is 13.8 Å². The normalized spacial score (nSPS) is 19.0. The van der Waals surface area contributed by atoms with Gasteiger partial charge in [-0.2, -0.15) is 0 Å². The molecule has 0 bridgehead atoms. The quantitative estimate of drug-likeness (QED) is 0.495. The summed E-state index contributed by atoms with van der Waals surface area (Å²) in [6, 6.07) is 21.5. The van der Waals surface area contributed by atoms with Crippen molar-refractivity contribution in [3.63, 3.8) is 0 Å². The molecule has 28 heavy (non-hydrogen) atoms. The van der Waals surface area contributed by atoms with E-state index in [0.29, 0.717) is 16.9 Å². The van der Waals surface area contributed by atoms with Gasteiger partial charge < -0.3 is 4.74 Å². The molecule has 0 amide bonds. The van der Waals surface area contributed by atoms with E-state index in [1.165, 1.54) is 0 Å². The van der Waals surface area contributed by atoms with E-state index in [-0.39, 0.29) is 4.90 Å². The molecule has 0 saturated heterocycles. The van der Waals surface area contributed by atoms with Crippen molar-refractivity contribution in [2.75, 3.05) is 0 Å².